The van der Waals surface area contributed by atoms with Crippen LogP contribution in [0.5, 0.6) is 57.5 Å². The number of aryl methyl sites for hydroxylation is 5. The Morgan fingerprint density at radius 3 is 1.26 bits per heavy atom. The van der Waals surface area contributed by atoms with Gasteiger partial charge in [-0.05, 0) is 80.4 Å². The fraction of sp³-hybridized carbons (Fsp3) is 0.259. The van der Waals surface area contributed by atoms with Crippen LogP contribution in [0.2, 0.25) is 0 Å². The lowest BCUT2D eigenvalue weighted by molar-refractivity contribution is 0.313. The van der Waals surface area contributed by atoms with E-state index in [1.807, 2.05) is 66.7 Å². The number of para-hydroxylation sites is 4. The van der Waals surface area contributed by atoms with Gasteiger partial charge in [0.15, 0.2) is 69.3 Å². The van der Waals surface area contributed by atoms with Crippen molar-refractivity contribution in [2.45, 2.75) is 19.3 Å². The van der Waals surface area contributed by atoms with Crippen molar-refractivity contribution in [3.8, 4) is 57.5 Å². The van der Waals surface area contributed by atoms with E-state index in [4.69, 9.17) is 51.4 Å². The number of nitrogens with zero attached hydrogens (tertiary/aromatic N) is 8. The highest BCUT2D eigenvalue weighted by Gasteiger charge is 2.26. The van der Waals surface area contributed by atoms with Gasteiger partial charge in [0.2, 0.25) is 0 Å². The highest BCUT2D eigenvalue weighted by atomic mass is 16.5. The molecule has 0 aliphatic carbocycles. The lowest BCUT2D eigenvalue weighted by Gasteiger charge is -2.23. The molecule has 4 aliphatic heterocycles. The van der Waals surface area contributed by atoms with Gasteiger partial charge < -0.3 is 77.9 Å². The van der Waals surface area contributed by atoms with Crippen LogP contribution in [-0.2, 0) is 34.6 Å². The maximum Gasteiger partial charge on any atom is 0.349 e. The molecule has 0 unspecified atom stereocenters. The molecular formula is C54H61N17O10. The Labute approximate surface area is 462 Å². The maximum atomic E-state index is 11.6. The van der Waals surface area contributed by atoms with E-state index in [0.717, 1.165) is 47.6 Å². The van der Waals surface area contributed by atoms with Gasteiger partial charge in [0, 0.05) is 47.8 Å². The third-order valence-corrected chi connectivity index (χ3v) is 12.3. The lowest BCUT2D eigenvalue weighted by atomic mass is 10.1. The van der Waals surface area contributed by atoms with E-state index in [0.29, 0.717) is 132 Å². The standard InChI is InChI=1S/C14H16N4O3.C14H16N4O2.C13H15N5O2.C13H14N4O3/c1-18-8-11-13(17-14(18)19)16-12-9(20-7-3-6-15)4-2-5-10(12)21-11;1-18-8-11-13(17-14(18)19)16-12-9(5-3-7-15)4-2-6-10(12)20-11;1-18-7-10-12(17-13(18)19)16-11-8(15-6-5-14)3-2-4-9(11)20-10;1-17-7-10-12(16-13(17)18)15-11-8(19-6-5-14)3-2-4-9(11)20-10/h2,4-5,8H,3,6-7,15H2,1H3,(H,16,17,19);2,4,6,8H,3,5,7,15H2,1H3,(H,16,17,19);2-4,7,15H,5-6,14H2,1H3,(H,16,17,19);2-4,7H,5-6,14H2,1H3,(H,15,16,18). The van der Waals surface area contributed by atoms with Gasteiger partial charge in [-0.15, -0.1) is 0 Å². The van der Waals surface area contributed by atoms with Crippen molar-refractivity contribution < 1.29 is 28.4 Å². The van der Waals surface area contributed by atoms with Crippen LogP contribution >= 0.6 is 0 Å². The summed E-state index contributed by atoms with van der Waals surface area (Å²) in [6.07, 6.45) is 8.95. The minimum atomic E-state index is -0.358. The van der Waals surface area contributed by atoms with E-state index in [1.165, 1.54) is 18.3 Å². The Hall–Kier alpha value is -9.96. The van der Waals surface area contributed by atoms with E-state index in [2.05, 4.69) is 46.5 Å². The molecule has 0 spiro atoms. The van der Waals surface area contributed by atoms with Gasteiger partial charge in [0.25, 0.3) is 0 Å². The maximum absolute atomic E-state index is 11.6. The molecule has 8 aromatic rings. The summed E-state index contributed by atoms with van der Waals surface area (Å²) < 4.78 is 39.8. The Morgan fingerprint density at radius 1 is 0.444 bits per heavy atom. The summed E-state index contributed by atoms with van der Waals surface area (Å²) in [7, 11) is 6.52. The Morgan fingerprint density at radius 2 is 0.827 bits per heavy atom. The lowest BCUT2D eigenvalue weighted by Crippen LogP contribution is -2.22. The van der Waals surface area contributed by atoms with Crippen LogP contribution in [0, 0.1) is 0 Å². The third-order valence-electron chi connectivity index (χ3n) is 12.3. The topological polar surface area (TPSA) is 359 Å². The highest BCUT2D eigenvalue weighted by Crippen LogP contribution is 2.47. The molecule has 0 bridgehead atoms. The molecule has 4 aromatic heterocycles. The Bertz CT molecular complexity index is 3550. The summed E-state index contributed by atoms with van der Waals surface area (Å²) >= 11 is 0. The van der Waals surface area contributed by atoms with Crippen molar-refractivity contribution in [2.75, 3.05) is 72.5 Å². The van der Waals surface area contributed by atoms with Crippen molar-refractivity contribution in [1.29, 1.82) is 0 Å². The predicted octanol–water partition coefficient (Wildman–Crippen LogP) is 4.85. The first-order valence-electron chi connectivity index (χ1n) is 25.7. The predicted molar refractivity (Wildman–Crippen MR) is 306 cm³/mol. The fourth-order valence-corrected chi connectivity index (χ4v) is 8.21. The van der Waals surface area contributed by atoms with Crippen LogP contribution in [-0.4, -0.2) is 84.1 Å². The second kappa shape index (κ2) is 25.2. The average molecular weight is 1110 g/mol. The molecule has 0 fully saturated rings. The molecular weight excluding hydrogens is 1050 g/mol. The molecule has 81 heavy (non-hydrogen) atoms. The van der Waals surface area contributed by atoms with Crippen molar-refractivity contribution in [3.05, 3.63) is 145 Å². The van der Waals surface area contributed by atoms with Crippen molar-refractivity contribution in [3.63, 3.8) is 0 Å². The number of fused-ring (bicyclic) bond motifs is 8. The molecule has 0 amide bonds. The minimum absolute atomic E-state index is 0.317. The molecule has 0 radical (unpaired) electrons. The minimum Gasteiger partial charge on any atom is -0.491 e. The zero-order valence-electron chi connectivity index (χ0n) is 44.8. The highest BCUT2D eigenvalue weighted by molar-refractivity contribution is 5.84. The first-order chi connectivity index (χ1) is 39.2. The van der Waals surface area contributed by atoms with Crippen LogP contribution in [0.4, 0.5) is 51.7 Å². The van der Waals surface area contributed by atoms with Gasteiger partial charge in [-0.2, -0.15) is 19.9 Å². The molecule has 8 heterocycles. The summed E-state index contributed by atoms with van der Waals surface area (Å²) in [6.45, 7) is 3.72. The summed E-state index contributed by atoms with van der Waals surface area (Å²) in [6, 6.07) is 22.5. The van der Waals surface area contributed by atoms with Crippen molar-refractivity contribution in [2.24, 2.45) is 51.1 Å². The molecule has 4 aromatic carbocycles. The quantitative estimate of drug-likeness (QED) is 0.0697. The number of hydrogen-bond acceptors (Lipinski definition) is 23. The number of rotatable bonds is 13. The monoisotopic (exact) mass is 1110 g/mol. The van der Waals surface area contributed by atoms with Gasteiger partial charge in [-0.3, -0.25) is 18.3 Å². The van der Waals surface area contributed by atoms with Gasteiger partial charge in [-0.25, -0.2) is 19.2 Å². The van der Waals surface area contributed by atoms with Gasteiger partial charge in [0.1, 0.15) is 35.2 Å². The van der Waals surface area contributed by atoms with Crippen molar-refractivity contribution in [1.82, 2.24) is 38.2 Å². The normalized spacial score (nSPS) is 12.0. The number of nitrogens with one attached hydrogen (secondary N) is 5. The molecule has 13 N–H and O–H groups in total. The molecule has 0 saturated heterocycles. The Kier molecular flexibility index (Phi) is 17.4. The smallest absolute Gasteiger partial charge is 0.349 e. The third kappa shape index (κ3) is 12.8. The van der Waals surface area contributed by atoms with Crippen LogP contribution in [0.15, 0.2) is 117 Å². The molecule has 27 heteroatoms. The second-order valence-electron chi connectivity index (χ2n) is 18.3. The van der Waals surface area contributed by atoms with E-state index < -0.39 is 0 Å². The number of ether oxygens (including phenoxy) is 6. The molecule has 4 aliphatic rings. The SMILES string of the molecule is Cn1cc2c(nc1=O)Nc1c(CCCN)cccc1O2.Cn1cc2c(nc1=O)Nc1c(NCCN)cccc1O2.Cn1cc2c(nc1=O)Nc1c(OCCCN)cccc1O2.Cn1cc2c(nc1=O)Nc1c(OCCN)cccc1O2. The summed E-state index contributed by atoms with van der Waals surface area (Å²) in [5.41, 5.74) is 25.5. The fourth-order valence-electron chi connectivity index (χ4n) is 8.21. The zero-order valence-corrected chi connectivity index (χ0v) is 44.8. The summed E-state index contributed by atoms with van der Waals surface area (Å²) in [4.78, 5) is 62.2. The van der Waals surface area contributed by atoms with Crippen LogP contribution in [0.1, 0.15) is 18.4 Å². The number of aromatic nitrogens is 8. The zero-order chi connectivity index (χ0) is 57.2. The van der Waals surface area contributed by atoms with Gasteiger partial charge in [0.05, 0.1) is 42.8 Å². The van der Waals surface area contributed by atoms with Crippen LogP contribution < -0.4 is 101 Å². The number of anilines is 9. The van der Waals surface area contributed by atoms with Gasteiger partial charge >= 0.3 is 22.8 Å². The van der Waals surface area contributed by atoms with E-state index >= 15 is 0 Å². The molecule has 422 valence electrons. The first-order valence-corrected chi connectivity index (χ1v) is 25.7. The molecule has 0 atom stereocenters. The van der Waals surface area contributed by atoms with E-state index in [-0.39, 0.29) is 22.8 Å². The number of nitrogens with two attached hydrogens (primary N) is 4. The number of hydrogen-bond donors (Lipinski definition) is 9. The Balaban J connectivity index is 0.000000130. The average Bonchev–Trinajstić information content (AvgIpc) is 3.66. The second-order valence-corrected chi connectivity index (χ2v) is 18.3. The molecule has 0 saturated carbocycles. The largest absolute Gasteiger partial charge is 0.491 e. The molecule has 12 rings (SSSR count). The number of benzene rings is 4. The summed E-state index contributed by atoms with van der Waals surface area (Å²) in [5.74, 6) is 7.65. The first kappa shape index (κ1) is 55.8. The summed E-state index contributed by atoms with van der Waals surface area (Å²) in [5, 5.41) is 15.7. The van der Waals surface area contributed by atoms with Crippen molar-refractivity contribution >= 4 is 51.7 Å². The van der Waals surface area contributed by atoms with E-state index in [9.17, 15) is 19.2 Å². The van der Waals surface area contributed by atoms with Gasteiger partial charge in [-0.1, -0.05) is 30.3 Å². The molecule has 27 nitrogen and oxygen atoms in total. The van der Waals surface area contributed by atoms with Crippen LogP contribution in [0.25, 0.3) is 0 Å². The van der Waals surface area contributed by atoms with E-state index in [1.54, 1.807) is 59.0 Å². The van der Waals surface area contributed by atoms with Crippen LogP contribution in [0.3, 0.4) is 0 Å².